The van der Waals surface area contributed by atoms with Crippen LogP contribution in [0.15, 0.2) is 23.1 Å². The Labute approximate surface area is 156 Å². The van der Waals surface area contributed by atoms with Gasteiger partial charge >= 0.3 is 0 Å². The number of anilines is 1. The first-order chi connectivity index (χ1) is 12.3. The van der Waals surface area contributed by atoms with Gasteiger partial charge in [0.2, 0.25) is 15.9 Å². The molecule has 26 heavy (non-hydrogen) atoms. The van der Waals surface area contributed by atoms with Crippen LogP contribution < -0.4 is 15.4 Å². The van der Waals surface area contributed by atoms with Crippen LogP contribution in [0.25, 0.3) is 0 Å². The number of hydrogen-bond donors (Lipinski definition) is 2. The smallest absolute Gasteiger partial charge is 0.241 e. The van der Waals surface area contributed by atoms with Crippen molar-refractivity contribution < 1.29 is 13.2 Å². The standard InChI is InChI=1S/C19H29N3O3S/c1-14-6-3-4-10-19(14,13-20)21-26(24,25)17-9-8-16-7-5-11-22(15(2)23)18(16)12-17/h8-9,12,14,21H,3-7,10-11,13,20H2,1-2H3. The maximum absolute atomic E-state index is 13.1. The van der Waals surface area contributed by atoms with Crippen LogP contribution in [0.3, 0.4) is 0 Å². The van der Waals surface area contributed by atoms with E-state index in [0.717, 1.165) is 44.1 Å². The summed E-state index contributed by atoms with van der Waals surface area (Å²) in [6.07, 6.45) is 5.57. The van der Waals surface area contributed by atoms with E-state index in [-0.39, 0.29) is 23.3 Å². The van der Waals surface area contributed by atoms with Crippen LogP contribution in [0.2, 0.25) is 0 Å². The average Bonchev–Trinajstić information content (AvgIpc) is 2.62. The fraction of sp³-hybridized carbons (Fsp3) is 0.632. The highest BCUT2D eigenvalue weighted by Crippen LogP contribution is 2.35. The molecule has 0 bridgehead atoms. The summed E-state index contributed by atoms with van der Waals surface area (Å²) in [4.78, 5) is 13.8. The van der Waals surface area contributed by atoms with Gasteiger partial charge in [0.15, 0.2) is 0 Å². The highest BCUT2D eigenvalue weighted by molar-refractivity contribution is 7.89. The predicted molar refractivity (Wildman–Crippen MR) is 103 cm³/mol. The third kappa shape index (κ3) is 3.52. The number of benzene rings is 1. The Morgan fingerprint density at radius 1 is 1.35 bits per heavy atom. The molecule has 1 aliphatic carbocycles. The maximum atomic E-state index is 13.1. The van der Waals surface area contributed by atoms with Gasteiger partial charge in [-0.05, 0) is 49.3 Å². The van der Waals surface area contributed by atoms with Crippen molar-refractivity contribution in [1.29, 1.82) is 0 Å². The number of nitrogens with two attached hydrogens (primary N) is 1. The summed E-state index contributed by atoms with van der Waals surface area (Å²) in [7, 11) is -3.71. The summed E-state index contributed by atoms with van der Waals surface area (Å²) in [5.74, 6) is 0.134. The Hall–Kier alpha value is -1.44. The lowest BCUT2D eigenvalue weighted by Crippen LogP contribution is -2.58. The number of nitrogens with zero attached hydrogens (tertiary/aromatic N) is 1. The minimum Gasteiger partial charge on any atom is -0.329 e. The number of carbonyl (C=O) groups excluding carboxylic acids is 1. The number of carbonyl (C=O) groups is 1. The van der Waals surface area contributed by atoms with Gasteiger partial charge in [-0.3, -0.25) is 4.79 Å². The molecule has 1 heterocycles. The molecule has 3 N–H and O–H groups in total. The Morgan fingerprint density at radius 2 is 2.12 bits per heavy atom. The van der Waals surface area contributed by atoms with Crippen LogP contribution in [-0.2, 0) is 21.2 Å². The molecule has 1 aromatic carbocycles. The summed E-state index contributed by atoms with van der Waals surface area (Å²) >= 11 is 0. The normalized spacial score (nSPS) is 26.4. The first-order valence-corrected chi connectivity index (χ1v) is 10.9. The molecule has 2 unspecified atom stereocenters. The number of aryl methyl sites for hydroxylation is 1. The van der Waals surface area contributed by atoms with Crippen molar-refractivity contribution in [2.24, 2.45) is 11.7 Å². The van der Waals surface area contributed by atoms with E-state index in [4.69, 9.17) is 5.73 Å². The molecule has 1 amide bonds. The van der Waals surface area contributed by atoms with E-state index in [1.807, 2.05) is 6.07 Å². The molecule has 0 radical (unpaired) electrons. The zero-order chi connectivity index (χ0) is 18.9. The zero-order valence-corrected chi connectivity index (χ0v) is 16.4. The Kier molecular flexibility index (Phi) is 5.42. The minimum absolute atomic E-state index is 0.0622. The van der Waals surface area contributed by atoms with Gasteiger partial charge in [-0.1, -0.05) is 25.8 Å². The first kappa shape index (κ1) is 19.3. The molecule has 6 nitrogen and oxygen atoms in total. The maximum Gasteiger partial charge on any atom is 0.241 e. The SMILES string of the molecule is CC(=O)N1CCCc2ccc(S(=O)(=O)NC3(CN)CCCCC3C)cc21. The molecule has 0 aromatic heterocycles. The third-order valence-electron chi connectivity index (χ3n) is 6.02. The van der Waals surface area contributed by atoms with Crippen molar-refractivity contribution in [2.45, 2.75) is 62.8 Å². The topological polar surface area (TPSA) is 92.5 Å². The fourth-order valence-corrected chi connectivity index (χ4v) is 5.84. The van der Waals surface area contributed by atoms with E-state index >= 15 is 0 Å². The van der Waals surface area contributed by atoms with Crippen LogP contribution in [0.4, 0.5) is 5.69 Å². The number of fused-ring (bicyclic) bond motifs is 1. The summed E-state index contributed by atoms with van der Waals surface area (Å²) in [6, 6.07) is 5.11. The van der Waals surface area contributed by atoms with Gasteiger partial charge in [0.05, 0.1) is 4.90 Å². The number of rotatable bonds is 4. The summed E-state index contributed by atoms with van der Waals surface area (Å²) in [6.45, 7) is 4.50. The lowest BCUT2D eigenvalue weighted by atomic mass is 9.74. The minimum atomic E-state index is -3.71. The van der Waals surface area contributed by atoms with Gasteiger partial charge < -0.3 is 10.6 Å². The summed E-state index contributed by atoms with van der Waals surface area (Å²) < 4.78 is 29.1. The molecule has 1 aromatic rings. The second kappa shape index (κ2) is 7.29. The molecular weight excluding hydrogens is 350 g/mol. The quantitative estimate of drug-likeness (QED) is 0.838. The monoisotopic (exact) mass is 379 g/mol. The van der Waals surface area contributed by atoms with Crippen LogP contribution in [0.1, 0.15) is 51.5 Å². The molecule has 0 spiro atoms. The van der Waals surface area contributed by atoms with E-state index in [0.29, 0.717) is 12.2 Å². The number of sulfonamides is 1. The van der Waals surface area contributed by atoms with Crippen LogP contribution in [-0.4, -0.2) is 33.0 Å². The predicted octanol–water partition coefficient (Wildman–Crippen LogP) is 2.17. The molecule has 1 aliphatic heterocycles. The lowest BCUT2D eigenvalue weighted by molar-refractivity contribution is -0.116. The Balaban J connectivity index is 1.95. The van der Waals surface area contributed by atoms with Gasteiger partial charge in [0.25, 0.3) is 0 Å². The van der Waals surface area contributed by atoms with Gasteiger partial charge in [0, 0.05) is 31.2 Å². The lowest BCUT2D eigenvalue weighted by Gasteiger charge is -2.42. The zero-order valence-electron chi connectivity index (χ0n) is 15.6. The summed E-state index contributed by atoms with van der Waals surface area (Å²) in [5.41, 5.74) is 7.15. The molecule has 7 heteroatoms. The van der Waals surface area contributed by atoms with Gasteiger partial charge in [-0.25, -0.2) is 13.1 Å². The molecular formula is C19H29N3O3S. The molecule has 0 saturated heterocycles. The van der Waals surface area contributed by atoms with E-state index in [9.17, 15) is 13.2 Å². The number of nitrogens with one attached hydrogen (secondary N) is 1. The second-order valence-corrected chi connectivity index (χ2v) is 9.36. The average molecular weight is 380 g/mol. The third-order valence-corrected chi connectivity index (χ3v) is 7.57. The van der Waals surface area contributed by atoms with Crippen molar-refractivity contribution in [1.82, 2.24) is 4.72 Å². The molecule has 1 fully saturated rings. The summed E-state index contributed by atoms with van der Waals surface area (Å²) in [5, 5.41) is 0. The van der Waals surface area contributed by atoms with Crippen molar-refractivity contribution in [3.05, 3.63) is 23.8 Å². The van der Waals surface area contributed by atoms with Crippen molar-refractivity contribution in [2.75, 3.05) is 18.0 Å². The first-order valence-electron chi connectivity index (χ1n) is 9.44. The van der Waals surface area contributed by atoms with E-state index < -0.39 is 15.6 Å². The Bertz CT molecular complexity index is 793. The van der Waals surface area contributed by atoms with Crippen molar-refractivity contribution >= 4 is 21.6 Å². The highest BCUT2D eigenvalue weighted by atomic mass is 32.2. The molecule has 1 saturated carbocycles. The van der Waals surface area contributed by atoms with Crippen LogP contribution in [0, 0.1) is 5.92 Å². The molecule has 2 atom stereocenters. The number of amides is 1. The van der Waals surface area contributed by atoms with Crippen molar-refractivity contribution in [3.8, 4) is 0 Å². The number of hydrogen-bond acceptors (Lipinski definition) is 4. The van der Waals surface area contributed by atoms with Gasteiger partial charge in [-0.2, -0.15) is 0 Å². The fourth-order valence-electron chi connectivity index (χ4n) is 4.29. The van der Waals surface area contributed by atoms with E-state index in [1.165, 1.54) is 6.92 Å². The molecule has 144 valence electrons. The Morgan fingerprint density at radius 3 is 2.77 bits per heavy atom. The van der Waals surface area contributed by atoms with E-state index in [1.54, 1.807) is 17.0 Å². The second-order valence-electron chi connectivity index (χ2n) is 7.68. The van der Waals surface area contributed by atoms with Crippen LogP contribution >= 0.6 is 0 Å². The van der Waals surface area contributed by atoms with E-state index in [2.05, 4.69) is 11.6 Å². The molecule has 2 aliphatic rings. The highest BCUT2D eigenvalue weighted by Gasteiger charge is 2.40. The van der Waals surface area contributed by atoms with Gasteiger partial charge in [0.1, 0.15) is 0 Å². The molecule has 3 rings (SSSR count). The van der Waals surface area contributed by atoms with Crippen LogP contribution in [0.5, 0.6) is 0 Å². The van der Waals surface area contributed by atoms with Gasteiger partial charge in [-0.15, -0.1) is 0 Å². The largest absolute Gasteiger partial charge is 0.329 e. The van der Waals surface area contributed by atoms with Crippen molar-refractivity contribution in [3.63, 3.8) is 0 Å².